The molecule has 0 fully saturated rings. The molecule has 1 heterocycles. The Morgan fingerprint density at radius 2 is 1.88 bits per heavy atom. The second-order valence-electron chi connectivity index (χ2n) is 3.36. The third kappa shape index (κ3) is 2.81. The summed E-state index contributed by atoms with van der Waals surface area (Å²) in [6, 6.07) is 8.49. The molecule has 0 aliphatic heterocycles. The summed E-state index contributed by atoms with van der Waals surface area (Å²) in [5, 5.41) is 0.966. The van der Waals surface area contributed by atoms with Gasteiger partial charge in [-0.1, -0.05) is 29.3 Å². The first-order valence-corrected chi connectivity index (χ1v) is 5.67. The topological polar surface area (TPSA) is 42.1 Å². The molecule has 3 nitrogen and oxygen atoms in total. The van der Waals surface area contributed by atoms with Gasteiger partial charge in [0.05, 0.1) is 0 Å². The van der Waals surface area contributed by atoms with E-state index in [1.165, 1.54) is 0 Å². The molecule has 0 bridgehead atoms. The van der Waals surface area contributed by atoms with Gasteiger partial charge in [0.15, 0.2) is 0 Å². The Morgan fingerprint density at radius 3 is 2.47 bits per heavy atom. The molecule has 88 valence electrons. The number of esters is 1. The molecule has 1 aromatic heterocycles. The fraction of sp³-hybridized carbons (Fsp3) is 0.0833. The van der Waals surface area contributed by atoms with Crippen LogP contribution in [-0.2, 0) is 11.3 Å². The zero-order chi connectivity index (χ0) is 12.3. The number of aromatic amines is 1. The van der Waals surface area contributed by atoms with Crippen molar-refractivity contribution in [3.05, 3.63) is 57.8 Å². The molecule has 0 spiro atoms. The summed E-state index contributed by atoms with van der Waals surface area (Å²) in [4.78, 5) is 14.3. The summed E-state index contributed by atoms with van der Waals surface area (Å²) >= 11 is 11.9. The Bertz CT molecular complexity index is 503. The zero-order valence-electron chi connectivity index (χ0n) is 8.74. The van der Waals surface area contributed by atoms with E-state index in [1.54, 1.807) is 36.5 Å². The normalized spacial score (nSPS) is 10.2. The minimum atomic E-state index is -0.439. The summed E-state index contributed by atoms with van der Waals surface area (Å²) in [5.41, 5.74) is 1.00. The van der Waals surface area contributed by atoms with E-state index in [4.69, 9.17) is 27.9 Å². The molecule has 0 aliphatic carbocycles. The van der Waals surface area contributed by atoms with Gasteiger partial charge in [-0.25, -0.2) is 4.79 Å². The monoisotopic (exact) mass is 269 g/mol. The molecule has 0 saturated carbocycles. The van der Waals surface area contributed by atoms with E-state index in [9.17, 15) is 4.79 Å². The minimum Gasteiger partial charge on any atom is -0.456 e. The highest BCUT2D eigenvalue weighted by Gasteiger charge is 2.11. The summed E-state index contributed by atoms with van der Waals surface area (Å²) in [5.74, 6) is -0.439. The maximum Gasteiger partial charge on any atom is 0.355 e. The maximum absolute atomic E-state index is 11.6. The third-order valence-electron chi connectivity index (χ3n) is 2.23. The van der Waals surface area contributed by atoms with Gasteiger partial charge < -0.3 is 9.72 Å². The standard InChI is InChI=1S/C12H9Cl2NO2/c13-9-3-1-4-10(14)8(9)7-17-12(16)11-5-2-6-15-11/h1-6,15H,7H2. The zero-order valence-corrected chi connectivity index (χ0v) is 10.3. The maximum atomic E-state index is 11.6. The highest BCUT2D eigenvalue weighted by molar-refractivity contribution is 6.35. The van der Waals surface area contributed by atoms with Crippen molar-refractivity contribution in [2.75, 3.05) is 0 Å². The molecule has 0 aliphatic rings. The van der Waals surface area contributed by atoms with Crippen molar-refractivity contribution in [2.45, 2.75) is 6.61 Å². The van der Waals surface area contributed by atoms with E-state index < -0.39 is 5.97 Å². The number of H-pyrrole nitrogens is 1. The number of benzene rings is 1. The van der Waals surface area contributed by atoms with Crippen LogP contribution in [0.25, 0.3) is 0 Å². The fourth-order valence-corrected chi connectivity index (χ4v) is 1.85. The second-order valence-corrected chi connectivity index (χ2v) is 4.17. The highest BCUT2D eigenvalue weighted by atomic mass is 35.5. The number of carbonyl (C=O) groups excluding carboxylic acids is 1. The molecule has 0 atom stereocenters. The summed E-state index contributed by atoms with van der Waals surface area (Å²) < 4.78 is 5.10. The van der Waals surface area contributed by atoms with Crippen LogP contribution in [0.15, 0.2) is 36.5 Å². The van der Waals surface area contributed by atoms with Gasteiger partial charge in [0, 0.05) is 21.8 Å². The van der Waals surface area contributed by atoms with Crippen LogP contribution in [0.4, 0.5) is 0 Å². The summed E-state index contributed by atoms with van der Waals surface area (Å²) in [6.45, 7) is 0.0519. The average molecular weight is 270 g/mol. The number of halogens is 2. The van der Waals surface area contributed by atoms with Crippen LogP contribution in [0.3, 0.4) is 0 Å². The van der Waals surface area contributed by atoms with Crippen molar-refractivity contribution in [1.82, 2.24) is 4.98 Å². The predicted molar refractivity (Wildman–Crippen MR) is 66.4 cm³/mol. The van der Waals surface area contributed by atoms with Crippen LogP contribution >= 0.6 is 23.2 Å². The number of nitrogens with one attached hydrogen (secondary N) is 1. The lowest BCUT2D eigenvalue weighted by Crippen LogP contribution is -2.06. The Morgan fingerprint density at radius 1 is 1.18 bits per heavy atom. The molecule has 0 unspecified atom stereocenters. The summed E-state index contributed by atoms with van der Waals surface area (Å²) in [6.07, 6.45) is 1.65. The number of aromatic nitrogens is 1. The van der Waals surface area contributed by atoms with Gasteiger partial charge in [-0.15, -0.1) is 0 Å². The Hall–Kier alpha value is -1.45. The molecular weight excluding hydrogens is 261 g/mol. The van der Waals surface area contributed by atoms with Crippen LogP contribution in [0.2, 0.25) is 10.0 Å². The van der Waals surface area contributed by atoms with Crippen molar-refractivity contribution < 1.29 is 9.53 Å². The molecule has 1 N–H and O–H groups in total. The fourth-order valence-electron chi connectivity index (χ4n) is 1.34. The Labute approximate surface area is 108 Å². The van der Waals surface area contributed by atoms with Crippen molar-refractivity contribution in [2.24, 2.45) is 0 Å². The lowest BCUT2D eigenvalue weighted by atomic mass is 10.2. The van der Waals surface area contributed by atoms with Gasteiger partial charge in [0.1, 0.15) is 12.3 Å². The molecule has 0 saturated heterocycles. The SMILES string of the molecule is O=C(OCc1c(Cl)cccc1Cl)c1ccc[nH]1. The molecule has 2 aromatic rings. The van der Waals surface area contributed by atoms with E-state index in [2.05, 4.69) is 4.98 Å². The van der Waals surface area contributed by atoms with Gasteiger partial charge in [0.25, 0.3) is 0 Å². The van der Waals surface area contributed by atoms with E-state index in [1.807, 2.05) is 0 Å². The van der Waals surface area contributed by atoms with Crippen molar-refractivity contribution >= 4 is 29.2 Å². The highest BCUT2D eigenvalue weighted by Crippen LogP contribution is 2.25. The quantitative estimate of drug-likeness (QED) is 0.864. The predicted octanol–water partition coefficient (Wildman–Crippen LogP) is 3.68. The first-order valence-electron chi connectivity index (χ1n) is 4.92. The van der Waals surface area contributed by atoms with Crippen LogP contribution in [-0.4, -0.2) is 11.0 Å². The first kappa shape index (κ1) is 12.0. The van der Waals surface area contributed by atoms with Gasteiger partial charge in [-0.3, -0.25) is 0 Å². The number of hydrogen-bond acceptors (Lipinski definition) is 2. The molecule has 0 radical (unpaired) electrons. The molecular formula is C12H9Cl2NO2. The van der Waals surface area contributed by atoms with Crippen LogP contribution < -0.4 is 0 Å². The average Bonchev–Trinajstić information content (AvgIpc) is 2.81. The second kappa shape index (κ2) is 5.25. The lowest BCUT2D eigenvalue weighted by molar-refractivity contribution is 0.0467. The van der Waals surface area contributed by atoms with Crippen LogP contribution in [0, 0.1) is 0 Å². The van der Waals surface area contributed by atoms with E-state index in [0.29, 0.717) is 21.3 Å². The Kier molecular flexibility index (Phi) is 3.71. The minimum absolute atomic E-state index is 0.0519. The molecule has 2 rings (SSSR count). The smallest absolute Gasteiger partial charge is 0.355 e. The largest absolute Gasteiger partial charge is 0.456 e. The van der Waals surface area contributed by atoms with Crippen molar-refractivity contribution in [3.63, 3.8) is 0 Å². The number of rotatable bonds is 3. The molecule has 1 aromatic carbocycles. The number of ether oxygens (including phenoxy) is 1. The van der Waals surface area contributed by atoms with Gasteiger partial charge in [0.2, 0.25) is 0 Å². The van der Waals surface area contributed by atoms with Gasteiger partial charge in [-0.2, -0.15) is 0 Å². The first-order chi connectivity index (χ1) is 8.18. The third-order valence-corrected chi connectivity index (χ3v) is 2.94. The van der Waals surface area contributed by atoms with Crippen LogP contribution in [0.5, 0.6) is 0 Å². The lowest BCUT2D eigenvalue weighted by Gasteiger charge is -2.07. The van der Waals surface area contributed by atoms with E-state index in [-0.39, 0.29) is 6.61 Å². The van der Waals surface area contributed by atoms with Crippen molar-refractivity contribution in [3.8, 4) is 0 Å². The van der Waals surface area contributed by atoms with Crippen molar-refractivity contribution in [1.29, 1.82) is 0 Å². The molecule has 5 heteroatoms. The van der Waals surface area contributed by atoms with E-state index >= 15 is 0 Å². The molecule has 17 heavy (non-hydrogen) atoms. The number of hydrogen-bond donors (Lipinski definition) is 1. The van der Waals surface area contributed by atoms with Gasteiger partial charge in [-0.05, 0) is 24.3 Å². The number of carbonyl (C=O) groups is 1. The van der Waals surface area contributed by atoms with Gasteiger partial charge >= 0.3 is 5.97 Å². The molecule has 0 amide bonds. The van der Waals surface area contributed by atoms with E-state index in [0.717, 1.165) is 0 Å². The Balaban J connectivity index is 2.06. The van der Waals surface area contributed by atoms with Crippen LogP contribution in [0.1, 0.15) is 16.1 Å². The summed E-state index contributed by atoms with van der Waals surface area (Å²) in [7, 11) is 0.